The zero-order chi connectivity index (χ0) is 33.6. The molecule has 0 saturated carbocycles. The Morgan fingerprint density at radius 2 is 1.04 bits per heavy atom. The smallest absolute Gasteiger partial charge is 0.367 e. The van der Waals surface area contributed by atoms with Gasteiger partial charge in [-0.2, -0.15) is 29.8 Å². The van der Waals surface area contributed by atoms with E-state index in [4.69, 9.17) is 9.47 Å². The highest BCUT2D eigenvalue weighted by Crippen LogP contribution is 2.11. The summed E-state index contributed by atoms with van der Waals surface area (Å²) in [6.45, 7) is 4.55. The van der Waals surface area contributed by atoms with Crippen molar-refractivity contribution in [1.82, 2.24) is 58.9 Å². The molecule has 0 saturated heterocycles. The minimum atomic E-state index is -0.398. The predicted octanol–water partition coefficient (Wildman–Crippen LogP) is 0.781. The van der Waals surface area contributed by atoms with Crippen LogP contribution in [0.25, 0.3) is 0 Å². The van der Waals surface area contributed by atoms with Crippen LogP contribution in [0.3, 0.4) is 0 Å². The maximum absolute atomic E-state index is 12.9. The molecule has 0 unspecified atom stereocenters. The molecule has 0 N–H and O–H groups in total. The van der Waals surface area contributed by atoms with Crippen LogP contribution in [0.5, 0.6) is 11.5 Å². The van der Waals surface area contributed by atoms with Crippen molar-refractivity contribution in [3.63, 3.8) is 0 Å². The van der Waals surface area contributed by atoms with Crippen molar-refractivity contribution in [3.05, 3.63) is 116 Å². The molecule has 0 spiro atoms. The molecule has 0 fully saturated rings. The maximum Gasteiger partial charge on any atom is 0.367 e. The monoisotopic (exact) mass is 652 g/mol. The van der Waals surface area contributed by atoms with Crippen molar-refractivity contribution in [2.75, 3.05) is 14.2 Å². The zero-order valence-electron chi connectivity index (χ0n) is 26.7. The minimum Gasteiger partial charge on any atom is -0.497 e. The number of hydrogen-bond acceptors (Lipinski definition) is 12. The second kappa shape index (κ2) is 13.9. The van der Waals surface area contributed by atoms with Gasteiger partial charge in [0.2, 0.25) is 0 Å². The lowest BCUT2D eigenvalue weighted by Gasteiger charge is -2.00. The number of hydrogen-bond donors (Lipinski definition) is 0. The van der Waals surface area contributed by atoms with Gasteiger partial charge in [0.25, 0.3) is 0 Å². The Morgan fingerprint density at radius 3 is 1.42 bits per heavy atom. The predicted molar refractivity (Wildman–Crippen MR) is 173 cm³/mol. The molecule has 2 aromatic carbocycles. The molecule has 4 aromatic heterocycles. The van der Waals surface area contributed by atoms with E-state index in [-0.39, 0.29) is 13.1 Å². The average molecular weight is 653 g/mol. The Kier molecular flexibility index (Phi) is 9.12. The zero-order valence-corrected chi connectivity index (χ0v) is 26.7. The fourth-order valence-electron chi connectivity index (χ4n) is 4.67. The number of nitrogens with zero attached hydrogens (tertiary/aromatic N) is 14. The Hall–Kier alpha value is -6.46. The highest BCUT2D eigenvalue weighted by atomic mass is 16.5. The van der Waals surface area contributed by atoms with Gasteiger partial charge in [0.1, 0.15) is 22.9 Å². The van der Waals surface area contributed by atoms with E-state index in [1.165, 1.54) is 18.7 Å². The fraction of sp³-hybridized carbons (Fsp3) is 0.267. The van der Waals surface area contributed by atoms with E-state index in [2.05, 4.69) is 41.0 Å². The summed E-state index contributed by atoms with van der Waals surface area (Å²) in [5.74, 6) is 2.33. The molecule has 18 heteroatoms. The standard InChI is InChI=1S/C30H32N14O4/c1-21-35-41(29(45)43(21)31-15-23-5-9-27(47-3)10-6-23)19-25-17-39(37-33-25)13-14-40-18-26(34-38-40)20-42-30(46)44(22(2)36-42)32-16-24-7-11-28(48-4)12-8-24/h5-12,15-18H,13-14,19-20H2,1-4H3/b31-15+,32-16+. The lowest BCUT2D eigenvalue weighted by atomic mass is 10.2. The second-order valence-electron chi connectivity index (χ2n) is 10.6. The van der Waals surface area contributed by atoms with Crippen LogP contribution in [0.15, 0.2) is 80.7 Å². The summed E-state index contributed by atoms with van der Waals surface area (Å²) in [5.41, 5.74) is 1.93. The number of benzene rings is 2. The Morgan fingerprint density at radius 1 is 0.646 bits per heavy atom. The minimum absolute atomic E-state index is 0.128. The van der Waals surface area contributed by atoms with Gasteiger partial charge in [-0.1, -0.05) is 10.4 Å². The van der Waals surface area contributed by atoms with Gasteiger partial charge in [0, 0.05) is 0 Å². The summed E-state index contributed by atoms with van der Waals surface area (Å²) in [7, 11) is 3.19. The fourth-order valence-corrected chi connectivity index (χ4v) is 4.67. The maximum atomic E-state index is 12.9. The Labute approximate surface area is 272 Å². The lowest BCUT2D eigenvalue weighted by Crippen LogP contribution is -2.24. The summed E-state index contributed by atoms with van der Waals surface area (Å²) >= 11 is 0. The van der Waals surface area contributed by atoms with Gasteiger partial charge in [0.05, 0.1) is 65.2 Å². The first-order valence-electron chi connectivity index (χ1n) is 14.8. The van der Waals surface area contributed by atoms with E-state index >= 15 is 0 Å². The van der Waals surface area contributed by atoms with E-state index < -0.39 is 11.4 Å². The number of aryl methyl sites for hydroxylation is 4. The Bertz CT molecular complexity index is 2020. The van der Waals surface area contributed by atoms with Crippen LogP contribution in [0, 0.1) is 13.8 Å². The lowest BCUT2D eigenvalue weighted by molar-refractivity contribution is 0.414. The van der Waals surface area contributed by atoms with Gasteiger partial charge in [-0.15, -0.1) is 10.2 Å². The van der Waals surface area contributed by atoms with Crippen molar-refractivity contribution >= 4 is 12.4 Å². The third kappa shape index (κ3) is 7.16. The average Bonchev–Trinajstić information content (AvgIpc) is 3.86. The number of methoxy groups -OCH3 is 2. The third-order valence-electron chi connectivity index (χ3n) is 7.18. The van der Waals surface area contributed by atoms with Crippen LogP contribution in [-0.4, -0.2) is 85.5 Å². The van der Waals surface area contributed by atoms with Crippen LogP contribution in [-0.2, 0) is 26.2 Å². The second-order valence-corrected chi connectivity index (χ2v) is 10.6. The molecule has 6 rings (SSSR count). The normalized spacial score (nSPS) is 11.7. The van der Waals surface area contributed by atoms with Gasteiger partial charge >= 0.3 is 11.4 Å². The number of rotatable bonds is 13. The van der Waals surface area contributed by atoms with Crippen LogP contribution in [0.4, 0.5) is 0 Å². The van der Waals surface area contributed by atoms with Crippen LogP contribution >= 0.6 is 0 Å². The van der Waals surface area contributed by atoms with E-state index in [9.17, 15) is 9.59 Å². The van der Waals surface area contributed by atoms with Gasteiger partial charge < -0.3 is 9.47 Å². The van der Waals surface area contributed by atoms with E-state index in [1.54, 1.807) is 62.3 Å². The summed E-state index contributed by atoms with van der Waals surface area (Å²) in [5, 5.41) is 33.9. The number of ether oxygens (including phenoxy) is 2. The molecule has 0 aliphatic carbocycles. The molecule has 0 aliphatic rings. The SMILES string of the molecule is COc1ccc(/C=N/n2c(C)nn(Cc3cn(CCn4cc(Cn5nc(C)n(/N=C/c6ccc(OC)cc6)c5=O)nn4)nn3)c2=O)cc1. The molecular formula is C30H32N14O4. The molecule has 0 amide bonds. The molecule has 0 atom stereocenters. The molecule has 18 nitrogen and oxygen atoms in total. The van der Waals surface area contributed by atoms with Gasteiger partial charge in [-0.3, -0.25) is 9.36 Å². The van der Waals surface area contributed by atoms with Crippen molar-refractivity contribution in [2.24, 2.45) is 10.2 Å². The van der Waals surface area contributed by atoms with Crippen LogP contribution < -0.4 is 20.9 Å². The topological polar surface area (TPSA) is 184 Å². The van der Waals surface area contributed by atoms with Crippen molar-refractivity contribution in [3.8, 4) is 11.5 Å². The van der Waals surface area contributed by atoms with Gasteiger partial charge in [0.15, 0.2) is 11.6 Å². The first-order chi connectivity index (χ1) is 23.3. The van der Waals surface area contributed by atoms with Crippen molar-refractivity contribution in [1.29, 1.82) is 0 Å². The largest absolute Gasteiger partial charge is 0.497 e. The molecule has 0 radical (unpaired) electrons. The van der Waals surface area contributed by atoms with Crippen LogP contribution in [0.2, 0.25) is 0 Å². The van der Waals surface area contributed by atoms with Crippen molar-refractivity contribution < 1.29 is 9.47 Å². The van der Waals surface area contributed by atoms with E-state index in [0.717, 1.165) is 22.6 Å². The molecular weight excluding hydrogens is 620 g/mol. The highest BCUT2D eigenvalue weighted by molar-refractivity contribution is 5.80. The number of aromatic nitrogens is 12. The molecule has 0 bridgehead atoms. The molecule has 246 valence electrons. The van der Waals surface area contributed by atoms with Gasteiger partial charge in [-0.05, 0) is 73.5 Å². The first kappa shape index (κ1) is 31.5. The first-order valence-corrected chi connectivity index (χ1v) is 14.8. The summed E-state index contributed by atoms with van der Waals surface area (Å²) in [4.78, 5) is 25.9. The van der Waals surface area contributed by atoms with Crippen LogP contribution in [0.1, 0.15) is 34.2 Å². The molecule has 0 aliphatic heterocycles. The van der Waals surface area contributed by atoms with Crippen molar-refractivity contribution in [2.45, 2.75) is 40.0 Å². The molecule has 48 heavy (non-hydrogen) atoms. The third-order valence-corrected chi connectivity index (χ3v) is 7.18. The molecule has 4 heterocycles. The summed E-state index contributed by atoms with van der Waals surface area (Å²) < 4.78 is 18.6. The Balaban J connectivity index is 1.04. The van der Waals surface area contributed by atoms with E-state index in [1.807, 2.05) is 48.5 Å². The highest BCUT2D eigenvalue weighted by Gasteiger charge is 2.13. The van der Waals surface area contributed by atoms with E-state index in [0.29, 0.717) is 36.1 Å². The van der Waals surface area contributed by atoms with Gasteiger partial charge in [-0.25, -0.2) is 19.0 Å². The quantitative estimate of drug-likeness (QED) is 0.162. The summed E-state index contributed by atoms with van der Waals surface area (Å²) in [6, 6.07) is 14.6. The summed E-state index contributed by atoms with van der Waals surface area (Å²) in [6.07, 6.45) is 6.64. The molecule has 6 aromatic rings.